The zero-order chi connectivity index (χ0) is 26.4. The van der Waals surface area contributed by atoms with Crippen LogP contribution in [0.5, 0.6) is 5.75 Å². The number of carbonyl (C=O) groups is 2. The molecule has 1 aromatic carbocycles. The number of nitrogens with one attached hydrogen (secondary N) is 2. The van der Waals surface area contributed by atoms with Gasteiger partial charge < -0.3 is 30.6 Å². The number of benzene rings is 1. The molecule has 0 unspecified atom stereocenters. The number of carbonyl (C=O) groups excluding carboxylic acids is 2. The summed E-state index contributed by atoms with van der Waals surface area (Å²) in [6.07, 6.45) is 6.84. The van der Waals surface area contributed by atoms with E-state index in [4.69, 9.17) is 31.5 Å². The van der Waals surface area contributed by atoms with E-state index < -0.39 is 5.60 Å². The molecule has 4 heterocycles. The van der Waals surface area contributed by atoms with Gasteiger partial charge in [-0.3, -0.25) is 14.5 Å². The summed E-state index contributed by atoms with van der Waals surface area (Å²) < 4.78 is 17.2. The van der Waals surface area contributed by atoms with Crippen molar-refractivity contribution in [2.24, 2.45) is 5.92 Å². The maximum Gasteiger partial charge on any atom is 0.306 e. The highest BCUT2D eigenvalue weighted by Crippen LogP contribution is 2.32. The van der Waals surface area contributed by atoms with Gasteiger partial charge in [-0.05, 0) is 63.7 Å². The van der Waals surface area contributed by atoms with Crippen LogP contribution in [0.4, 0.5) is 5.69 Å². The Morgan fingerprint density at radius 1 is 1.19 bits per heavy atom. The van der Waals surface area contributed by atoms with Gasteiger partial charge in [-0.25, -0.2) is 0 Å². The first-order valence-electron chi connectivity index (χ1n) is 13.5. The minimum atomic E-state index is -0.547. The van der Waals surface area contributed by atoms with Gasteiger partial charge in [0.15, 0.2) is 0 Å². The summed E-state index contributed by atoms with van der Waals surface area (Å²) in [7, 11) is 3.19. The number of nitrogens with two attached hydrogens (primary N) is 1. The largest absolute Gasteiger partial charge is 0.496 e. The second kappa shape index (κ2) is 12.7. The molecule has 206 valence electrons. The third kappa shape index (κ3) is 6.69. The minimum Gasteiger partial charge on any atom is -0.496 e. The van der Waals surface area contributed by atoms with Gasteiger partial charge in [0.1, 0.15) is 17.5 Å². The summed E-state index contributed by atoms with van der Waals surface area (Å²) in [5, 5.41) is 6.87. The fraction of sp³-hybridized carbons (Fsp3) is 0.704. The van der Waals surface area contributed by atoms with Crippen molar-refractivity contribution in [1.82, 2.24) is 15.5 Å². The molecule has 4 saturated heterocycles. The third-order valence-electron chi connectivity index (χ3n) is 8.30. The standard InChI is InChI=1S/C27H41ClN4O5/c1-35-22-15-21(29)20(28)14-19(22)26(34)31-24-7-11-30-17-27(24,36-2)10-5-3-4-6-25(33)37-23-16-32-12-8-18(23)9-13-32/h14-15,18,23-24,30H,3-13,16-17,29H2,1-2H3,(H,31,34)/t23-,24+,27+/m0/s1. The van der Waals surface area contributed by atoms with Crippen LogP contribution in [0.3, 0.4) is 0 Å². The van der Waals surface area contributed by atoms with Crippen LogP contribution < -0.4 is 21.1 Å². The predicted octanol–water partition coefficient (Wildman–Crippen LogP) is 3.00. The third-order valence-corrected chi connectivity index (χ3v) is 8.63. The molecule has 0 aromatic heterocycles. The van der Waals surface area contributed by atoms with Gasteiger partial charge in [0.2, 0.25) is 0 Å². The molecule has 37 heavy (non-hydrogen) atoms. The van der Waals surface area contributed by atoms with E-state index in [0.29, 0.717) is 40.9 Å². The number of halogens is 1. The molecular formula is C27H41ClN4O5. The van der Waals surface area contributed by atoms with Gasteiger partial charge in [-0.1, -0.05) is 24.4 Å². The van der Waals surface area contributed by atoms with Crippen LogP contribution in [0.2, 0.25) is 5.02 Å². The van der Waals surface area contributed by atoms with Crippen LogP contribution in [-0.2, 0) is 14.3 Å². The summed E-state index contributed by atoms with van der Waals surface area (Å²) in [5.41, 5.74) is 6.02. The number of hydrogen-bond acceptors (Lipinski definition) is 8. The normalized spacial score (nSPS) is 29.1. The molecular weight excluding hydrogens is 496 g/mol. The van der Waals surface area contributed by atoms with E-state index in [1.165, 1.54) is 13.2 Å². The summed E-state index contributed by atoms with van der Waals surface area (Å²) in [6, 6.07) is 2.91. The molecule has 0 aliphatic carbocycles. The Balaban J connectivity index is 1.27. The van der Waals surface area contributed by atoms with E-state index in [-0.39, 0.29) is 24.0 Å². The number of unbranched alkanes of at least 4 members (excludes halogenated alkanes) is 2. The van der Waals surface area contributed by atoms with E-state index in [0.717, 1.165) is 71.1 Å². The monoisotopic (exact) mass is 536 g/mol. The highest BCUT2D eigenvalue weighted by Gasteiger charge is 2.42. The Morgan fingerprint density at radius 2 is 1.97 bits per heavy atom. The Bertz CT molecular complexity index is 955. The second-order valence-electron chi connectivity index (χ2n) is 10.6. The number of anilines is 1. The first-order valence-corrected chi connectivity index (χ1v) is 13.8. The fourth-order valence-electron chi connectivity index (χ4n) is 6.01. The van der Waals surface area contributed by atoms with Gasteiger partial charge in [-0.15, -0.1) is 0 Å². The van der Waals surface area contributed by atoms with Crippen molar-refractivity contribution < 1.29 is 23.8 Å². The van der Waals surface area contributed by atoms with Crippen LogP contribution in [0.25, 0.3) is 0 Å². The van der Waals surface area contributed by atoms with E-state index in [2.05, 4.69) is 15.5 Å². The lowest BCUT2D eigenvalue weighted by Crippen LogP contribution is -2.62. The smallest absolute Gasteiger partial charge is 0.306 e. The maximum atomic E-state index is 13.2. The molecule has 10 heteroatoms. The summed E-state index contributed by atoms with van der Waals surface area (Å²) >= 11 is 6.17. The van der Waals surface area contributed by atoms with E-state index >= 15 is 0 Å². The molecule has 1 aromatic rings. The van der Waals surface area contributed by atoms with E-state index in [1.807, 2.05) is 0 Å². The second-order valence-corrected chi connectivity index (χ2v) is 11.0. The fourth-order valence-corrected chi connectivity index (χ4v) is 6.17. The number of nitrogen functional groups attached to an aromatic ring is 1. The lowest BCUT2D eigenvalue weighted by Gasteiger charge is -2.44. The van der Waals surface area contributed by atoms with Crippen molar-refractivity contribution in [2.75, 3.05) is 52.7 Å². The quantitative estimate of drug-likeness (QED) is 0.225. The molecule has 4 fully saturated rings. The van der Waals surface area contributed by atoms with Gasteiger partial charge >= 0.3 is 5.97 Å². The number of hydrogen-bond donors (Lipinski definition) is 3. The SMILES string of the molecule is COc1cc(N)c(Cl)cc1C(=O)N[C@@H]1CCNC[C@@]1(CCCCCC(=O)O[C@H]1CN2CCC1CC2)OC. The first-order chi connectivity index (χ1) is 17.8. The average Bonchev–Trinajstić information content (AvgIpc) is 2.91. The van der Waals surface area contributed by atoms with E-state index in [9.17, 15) is 9.59 Å². The molecule has 5 rings (SSSR count). The zero-order valence-electron chi connectivity index (χ0n) is 22.0. The minimum absolute atomic E-state index is 0.0685. The van der Waals surface area contributed by atoms with Crippen molar-refractivity contribution in [3.05, 3.63) is 22.7 Å². The topological polar surface area (TPSA) is 115 Å². The number of esters is 1. The zero-order valence-corrected chi connectivity index (χ0v) is 22.8. The van der Waals surface area contributed by atoms with Crippen LogP contribution >= 0.6 is 11.6 Å². The molecule has 0 radical (unpaired) electrons. The van der Waals surface area contributed by atoms with E-state index in [1.54, 1.807) is 13.2 Å². The van der Waals surface area contributed by atoms with Crippen molar-refractivity contribution in [1.29, 1.82) is 0 Å². The highest BCUT2D eigenvalue weighted by atomic mass is 35.5. The predicted molar refractivity (Wildman–Crippen MR) is 143 cm³/mol. The Kier molecular flexibility index (Phi) is 9.56. The highest BCUT2D eigenvalue weighted by molar-refractivity contribution is 6.33. The summed E-state index contributed by atoms with van der Waals surface area (Å²) in [5.74, 6) is 0.551. The number of nitrogens with zero attached hydrogens (tertiary/aromatic N) is 1. The molecule has 1 amide bonds. The summed E-state index contributed by atoms with van der Waals surface area (Å²) in [6.45, 7) is 4.58. The molecule has 3 atom stereocenters. The number of amides is 1. The molecule has 4 N–H and O–H groups in total. The lowest BCUT2D eigenvalue weighted by molar-refractivity contribution is -0.158. The van der Waals surface area contributed by atoms with Gasteiger partial charge in [0.25, 0.3) is 5.91 Å². The average molecular weight is 537 g/mol. The van der Waals surface area contributed by atoms with Crippen LogP contribution in [0, 0.1) is 5.92 Å². The molecule has 4 aliphatic rings. The molecule has 2 bridgehead atoms. The van der Waals surface area contributed by atoms with Gasteiger partial charge in [-0.2, -0.15) is 0 Å². The van der Waals surface area contributed by atoms with Crippen molar-refractivity contribution in [2.45, 2.75) is 69.1 Å². The van der Waals surface area contributed by atoms with Crippen molar-refractivity contribution >= 4 is 29.2 Å². The molecule has 0 saturated carbocycles. The lowest BCUT2D eigenvalue weighted by atomic mass is 9.83. The Labute approximate surface area is 224 Å². The molecule has 4 aliphatic heterocycles. The van der Waals surface area contributed by atoms with Crippen molar-refractivity contribution in [3.63, 3.8) is 0 Å². The number of rotatable bonds is 11. The Hall–Kier alpha value is -2.07. The first kappa shape index (κ1) is 28.0. The number of fused-ring (bicyclic) bond motifs is 3. The molecule has 9 nitrogen and oxygen atoms in total. The number of methoxy groups -OCH3 is 2. The Morgan fingerprint density at radius 3 is 2.65 bits per heavy atom. The maximum absolute atomic E-state index is 13.2. The number of ether oxygens (including phenoxy) is 3. The van der Waals surface area contributed by atoms with Gasteiger partial charge in [0, 0.05) is 32.7 Å². The van der Waals surface area contributed by atoms with Gasteiger partial charge in [0.05, 0.1) is 29.4 Å². The van der Waals surface area contributed by atoms with Crippen LogP contribution in [0.15, 0.2) is 12.1 Å². The number of piperidine rings is 4. The molecule has 0 spiro atoms. The van der Waals surface area contributed by atoms with Crippen LogP contribution in [-0.4, -0.2) is 81.5 Å². The van der Waals surface area contributed by atoms with Crippen LogP contribution in [0.1, 0.15) is 61.7 Å². The van der Waals surface area contributed by atoms with Crippen molar-refractivity contribution in [3.8, 4) is 5.75 Å². The summed E-state index contributed by atoms with van der Waals surface area (Å²) in [4.78, 5) is 28.0.